The number of carboxylic acid groups (broad SMARTS) is 1. The molecule has 3 N–H and O–H groups in total. The Hall–Kier alpha value is -2.11. The second kappa shape index (κ2) is 5.26. The van der Waals surface area contributed by atoms with Gasteiger partial charge in [-0.1, -0.05) is 6.92 Å². The number of carbonyl (C=O) groups excluding carboxylic acids is 1. The smallest absolute Gasteiger partial charge is 0.326 e. The number of pyridine rings is 1. The van der Waals surface area contributed by atoms with Gasteiger partial charge in [-0.3, -0.25) is 4.79 Å². The van der Waals surface area contributed by atoms with Gasteiger partial charge < -0.3 is 15.7 Å². The first-order valence-electron chi connectivity index (χ1n) is 6.26. The van der Waals surface area contributed by atoms with Gasteiger partial charge in [-0.25, -0.2) is 9.78 Å². The van der Waals surface area contributed by atoms with E-state index in [1.54, 1.807) is 23.2 Å². The van der Waals surface area contributed by atoms with Crippen molar-refractivity contribution < 1.29 is 14.7 Å². The Kier molecular flexibility index (Phi) is 3.69. The predicted molar refractivity (Wildman–Crippen MR) is 69.9 cm³/mol. The summed E-state index contributed by atoms with van der Waals surface area (Å²) in [6, 6.07) is 2.53. The van der Waals surface area contributed by atoms with E-state index in [0.717, 1.165) is 12.8 Å². The van der Waals surface area contributed by atoms with Crippen LogP contribution in [-0.2, 0) is 4.79 Å². The molecule has 0 spiro atoms. The molecule has 0 aromatic carbocycles. The number of carboxylic acids is 1. The number of aromatic nitrogens is 1. The van der Waals surface area contributed by atoms with Crippen molar-refractivity contribution in [1.82, 2.24) is 4.98 Å². The van der Waals surface area contributed by atoms with Crippen LogP contribution in [0.4, 0.5) is 5.82 Å². The Balaban J connectivity index is 2.44. The summed E-state index contributed by atoms with van der Waals surface area (Å²) in [6.07, 6.45) is 3.27. The topological polar surface area (TPSA) is 96.5 Å². The molecule has 102 valence electrons. The van der Waals surface area contributed by atoms with Gasteiger partial charge >= 0.3 is 5.97 Å². The highest BCUT2D eigenvalue weighted by atomic mass is 16.4. The van der Waals surface area contributed by atoms with Crippen molar-refractivity contribution in [3.63, 3.8) is 0 Å². The van der Waals surface area contributed by atoms with Gasteiger partial charge in [-0.2, -0.15) is 0 Å². The first kappa shape index (κ1) is 13.3. The zero-order valence-corrected chi connectivity index (χ0v) is 10.7. The third-order valence-electron chi connectivity index (χ3n) is 3.51. The first-order valence-corrected chi connectivity index (χ1v) is 6.26. The van der Waals surface area contributed by atoms with Crippen LogP contribution in [0, 0.1) is 5.92 Å². The van der Waals surface area contributed by atoms with Crippen LogP contribution in [0.1, 0.15) is 30.1 Å². The SMILES string of the molecule is CC1CCCN(c2ncccc2C(N)=O)C1C(=O)O. The van der Waals surface area contributed by atoms with Crippen molar-refractivity contribution in [2.24, 2.45) is 11.7 Å². The van der Waals surface area contributed by atoms with E-state index in [4.69, 9.17) is 5.73 Å². The predicted octanol–water partition coefficient (Wildman–Crippen LogP) is 0.870. The number of nitrogens with zero attached hydrogens (tertiary/aromatic N) is 2. The largest absolute Gasteiger partial charge is 0.480 e. The number of anilines is 1. The number of hydrogen-bond acceptors (Lipinski definition) is 4. The molecule has 2 unspecified atom stereocenters. The molecule has 0 aliphatic carbocycles. The molecule has 2 atom stereocenters. The van der Waals surface area contributed by atoms with Gasteiger partial charge in [0.25, 0.3) is 5.91 Å². The zero-order chi connectivity index (χ0) is 14.0. The Morgan fingerprint density at radius 3 is 2.89 bits per heavy atom. The summed E-state index contributed by atoms with van der Waals surface area (Å²) in [5.41, 5.74) is 5.59. The average molecular weight is 263 g/mol. The number of primary amides is 1. The molecule has 0 saturated carbocycles. The number of nitrogens with two attached hydrogens (primary N) is 1. The van der Waals surface area contributed by atoms with E-state index in [-0.39, 0.29) is 11.5 Å². The zero-order valence-electron chi connectivity index (χ0n) is 10.7. The summed E-state index contributed by atoms with van der Waals surface area (Å²) in [5, 5.41) is 9.38. The van der Waals surface area contributed by atoms with Crippen LogP contribution >= 0.6 is 0 Å². The van der Waals surface area contributed by atoms with Crippen LogP contribution in [0.2, 0.25) is 0 Å². The summed E-state index contributed by atoms with van der Waals surface area (Å²) in [6.45, 7) is 2.47. The van der Waals surface area contributed by atoms with Crippen LogP contribution in [0.25, 0.3) is 0 Å². The Labute approximate surface area is 111 Å². The lowest BCUT2D eigenvalue weighted by Crippen LogP contribution is -2.50. The van der Waals surface area contributed by atoms with Crippen molar-refractivity contribution in [3.05, 3.63) is 23.9 Å². The summed E-state index contributed by atoms with van der Waals surface area (Å²) >= 11 is 0. The minimum absolute atomic E-state index is 0.00832. The van der Waals surface area contributed by atoms with Crippen molar-refractivity contribution in [2.75, 3.05) is 11.4 Å². The van der Waals surface area contributed by atoms with Crippen LogP contribution < -0.4 is 10.6 Å². The fourth-order valence-electron chi connectivity index (χ4n) is 2.62. The summed E-state index contributed by atoms with van der Waals surface area (Å²) in [5.74, 6) is -1.11. The number of aliphatic carboxylic acids is 1. The molecule has 1 aromatic rings. The Morgan fingerprint density at radius 1 is 1.53 bits per heavy atom. The minimum Gasteiger partial charge on any atom is -0.480 e. The molecule has 1 amide bonds. The van der Waals surface area contributed by atoms with Crippen LogP contribution in [-0.4, -0.2) is 34.6 Å². The van der Waals surface area contributed by atoms with Gasteiger partial charge in [0.1, 0.15) is 11.9 Å². The van der Waals surface area contributed by atoms with E-state index in [0.29, 0.717) is 12.4 Å². The Bertz CT molecular complexity index is 504. The van der Waals surface area contributed by atoms with Crippen molar-refractivity contribution in [1.29, 1.82) is 0 Å². The lowest BCUT2D eigenvalue weighted by molar-refractivity contribution is -0.140. The van der Waals surface area contributed by atoms with Gasteiger partial charge in [0, 0.05) is 12.7 Å². The third-order valence-corrected chi connectivity index (χ3v) is 3.51. The molecule has 6 heteroatoms. The molecular weight excluding hydrogens is 246 g/mol. The molecule has 19 heavy (non-hydrogen) atoms. The van der Waals surface area contributed by atoms with E-state index in [2.05, 4.69) is 4.98 Å². The molecule has 1 aromatic heterocycles. The lowest BCUT2D eigenvalue weighted by Gasteiger charge is -2.38. The van der Waals surface area contributed by atoms with Gasteiger partial charge in [0.05, 0.1) is 5.56 Å². The van der Waals surface area contributed by atoms with Crippen molar-refractivity contribution in [3.8, 4) is 0 Å². The Morgan fingerprint density at radius 2 is 2.26 bits per heavy atom. The monoisotopic (exact) mass is 263 g/mol. The standard InChI is InChI=1S/C13H17N3O3/c1-8-4-3-7-16(10(8)13(18)19)12-9(11(14)17)5-2-6-15-12/h2,5-6,8,10H,3-4,7H2,1H3,(H2,14,17)(H,18,19). The maximum absolute atomic E-state index is 11.4. The maximum atomic E-state index is 11.4. The van der Waals surface area contributed by atoms with Gasteiger partial charge in [-0.05, 0) is 30.9 Å². The lowest BCUT2D eigenvalue weighted by atomic mass is 9.90. The molecule has 1 aliphatic heterocycles. The van der Waals surface area contributed by atoms with Gasteiger partial charge in [0.15, 0.2) is 0 Å². The molecule has 1 saturated heterocycles. The maximum Gasteiger partial charge on any atom is 0.326 e. The van der Waals surface area contributed by atoms with E-state index in [1.807, 2.05) is 6.92 Å². The average Bonchev–Trinajstić information content (AvgIpc) is 2.37. The number of amides is 1. The molecule has 2 heterocycles. The number of hydrogen-bond donors (Lipinski definition) is 2. The second-order valence-corrected chi connectivity index (χ2v) is 4.83. The molecule has 1 fully saturated rings. The first-order chi connectivity index (χ1) is 9.02. The van der Waals surface area contributed by atoms with E-state index >= 15 is 0 Å². The summed E-state index contributed by atoms with van der Waals surface area (Å²) in [4.78, 5) is 28.7. The fourth-order valence-corrected chi connectivity index (χ4v) is 2.62. The molecule has 1 aliphatic rings. The summed E-state index contributed by atoms with van der Waals surface area (Å²) in [7, 11) is 0. The molecule has 2 rings (SSSR count). The quantitative estimate of drug-likeness (QED) is 0.843. The normalized spacial score (nSPS) is 23.1. The van der Waals surface area contributed by atoms with Gasteiger partial charge in [0.2, 0.25) is 0 Å². The second-order valence-electron chi connectivity index (χ2n) is 4.83. The van der Waals surface area contributed by atoms with E-state index in [1.165, 1.54) is 0 Å². The molecule has 0 bridgehead atoms. The van der Waals surface area contributed by atoms with Crippen LogP contribution in [0.3, 0.4) is 0 Å². The van der Waals surface area contributed by atoms with Crippen molar-refractivity contribution in [2.45, 2.75) is 25.8 Å². The fraction of sp³-hybridized carbons (Fsp3) is 0.462. The highest BCUT2D eigenvalue weighted by Crippen LogP contribution is 2.29. The van der Waals surface area contributed by atoms with E-state index < -0.39 is 17.9 Å². The molecule has 0 radical (unpaired) electrons. The van der Waals surface area contributed by atoms with Crippen LogP contribution in [0.15, 0.2) is 18.3 Å². The molecular formula is C13H17N3O3. The van der Waals surface area contributed by atoms with E-state index in [9.17, 15) is 14.7 Å². The minimum atomic E-state index is -0.895. The number of carbonyl (C=O) groups is 2. The summed E-state index contributed by atoms with van der Waals surface area (Å²) < 4.78 is 0. The van der Waals surface area contributed by atoms with Crippen molar-refractivity contribution >= 4 is 17.7 Å². The van der Waals surface area contributed by atoms with Gasteiger partial charge in [-0.15, -0.1) is 0 Å². The third kappa shape index (κ3) is 2.52. The van der Waals surface area contributed by atoms with Crippen LogP contribution in [0.5, 0.6) is 0 Å². The number of rotatable bonds is 3. The highest BCUT2D eigenvalue weighted by molar-refractivity contribution is 5.98. The highest BCUT2D eigenvalue weighted by Gasteiger charge is 2.36. The molecule has 6 nitrogen and oxygen atoms in total. The number of piperidine rings is 1.